The minimum atomic E-state index is -1.99. The standard InChI is InChI=1S/C9H16O2S/c1-9(4-5-9)6-8(10)7-12(2,3)11/h7H,4-6H2,1-3H3. The van der Waals surface area contributed by atoms with E-state index in [2.05, 4.69) is 6.92 Å². The fraction of sp³-hybridized carbons (Fsp3) is 0.778. The van der Waals surface area contributed by atoms with E-state index < -0.39 is 9.52 Å². The van der Waals surface area contributed by atoms with Crippen LogP contribution in [0.4, 0.5) is 0 Å². The van der Waals surface area contributed by atoms with Crippen LogP contribution in [0, 0.1) is 5.41 Å². The molecule has 0 saturated heterocycles. The van der Waals surface area contributed by atoms with Crippen molar-refractivity contribution in [2.75, 3.05) is 12.5 Å². The average Bonchev–Trinajstić information content (AvgIpc) is 2.40. The Morgan fingerprint density at radius 2 is 2.00 bits per heavy atom. The summed E-state index contributed by atoms with van der Waals surface area (Å²) in [5.41, 5.74) is 0.234. The van der Waals surface area contributed by atoms with Crippen molar-refractivity contribution in [2.24, 2.45) is 5.41 Å². The SMILES string of the molecule is CC1(CC(=O)C=S(C)(C)=O)CC1. The number of rotatable bonds is 3. The van der Waals surface area contributed by atoms with Crippen LogP contribution < -0.4 is 0 Å². The van der Waals surface area contributed by atoms with Gasteiger partial charge in [0.15, 0.2) is 5.78 Å². The summed E-state index contributed by atoms with van der Waals surface area (Å²) in [5, 5.41) is 1.39. The lowest BCUT2D eigenvalue weighted by Gasteiger charge is -2.03. The van der Waals surface area contributed by atoms with Crippen molar-refractivity contribution < 1.29 is 9.00 Å². The molecular formula is C9H16O2S. The summed E-state index contributed by atoms with van der Waals surface area (Å²) >= 11 is 0. The summed E-state index contributed by atoms with van der Waals surface area (Å²) in [5.74, 6) is 0.0463. The molecule has 0 radical (unpaired) electrons. The number of hydrogen-bond donors (Lipinski definition) is 0. The molecule has 0 aromatic rings. The van der Waals surface area contributed by atoms with Gasteiger partial charge in [-0.2, -0.15) is 0 Å². The summed E-state index contributed by atoms with van der Waals surface area (Å²) in [6.45, 7) is 2.10. The van der Waals surface area contributed by atoms with Crippen LogP contribution in [0.3, 0.4) is 0 Å². The predicted molar refractivity (Wildman–Crippen MR) is 53.0 cm³/mol. The molecule has 0 aromatic carbocycles. The lowest BCUT2D eigenvalue weighted by molar-refractivity contribution is -0.113. The molecule has 0 amide bonds. The third kappa shape index (κ3) is 3.39. The Kier molecular flexibility index (Phi) is 2.34. The van der Waals surface area contributed by atoms with Crippen LogP contribution in [0.1, 0.15) is 26.2 Å². The number of carbonyl (C=O) groups excluding carboxylic acids is 1. The molecule has 0 unspecified atom stereocenters. The Hall–Kier alpha value is -0.310. The highest BCUT2D eigenvalue weighted by molar-refractivity contribution is 8.01. The molecule has 0 bridgehead atoms. The lowest BCUT2D eigenvalue weighted by atomic mass is 10.0. The van der Waals surface area contributed by atoms with Crippen molar-refractivity contribution >= 4 is 20.7 Å². The van der Waals surface area contributed by atoms with E-state index in [0.717, 1.165) is 12.8 Å². The highest BCUT2D eigenvalue weighted by atomic mass is 32.2. The molecule has 0 heterocycles. The van der Waals surface area contributed by atoms with Gasteiger partial charge in [-0.25, -0.2) is 0 Å². The highest BCUT2D eigenvalue weighted by Gasteiger charge is 2.38. The van der Waals surface area contributed by atoms with Crippen LogP contribution in [0.5, 0.6) is 0 Å². The second-order valence-electron chi connectivity index (χ2n) is 4.38. The van der Waals surface area contributed by atoms with Crippen LogP contribution in [0.15, 0.2) is 0 Å². The average molecular weight is 188 g/mol. The van der Waals surface area contributed by atoms with Crippen molar-refractivity contribution in [2.45, 2.75) is 26.2 Å². The number of hydrogen-bond acceptors (Lipinski definition) is 2. The Bertz CT molecular complexity index is 296. The summed E-state index contributed by atoms with van der Waals surface area (Å²) < 4.78 is 11.2. The van der Waals surface area contributed by atoms with E-state index in [1.165, 1.54) is 5.37 Å². The molecule has 1 saturated carbocycles. The molecule has 0 aliphatic heterocycles. The van der Waals surface area contributed by atoms with E-state index in [0.29, 0.717) is 6.42 Å². The Morgan fingerprint density at radius 3 is 2.33 bits per heavy atom. The van der Waals surface area contributed by atoms with Crippen LogP contribution in [-0.4, -0.2) is 27.9 Å². The van der Waals surface area contributed by atoms with Crippen molar-refractivity contribution in [1.29, 1.82) is 0 Å². The molecule has 0 N–H and O–H groups in total. The number of carbonyl (C=O) groups is 1. The van der Waals surface area contributed by atoms with Crippen LogP contribution >= 0.6 is 0 Å². The fourth-order valence-electron chi connectivity index (χ4n) is 1.17. The first kappa shape index (κ1) is 9.78. The smallest absolute Gasteiger partial charge is 0.164 e. The summed E-state index contributed by atoms with van der Waals surface area (Å²) in [4.78, 5) is 11.3. The maximum atomic E-state index is 11.3. The van der Waals surface area contributed by atoms with E-state index in [1.54, 1.807) is 12.5 Å². The second-order valence-corrected chi connectivity index (χ2v) is 7.23. The maximum absolute atomic E-state index is 11.3. The first-order valence-electron chi connectivity index (χ1n) is 4.13. The molecule has 70 valence electrons. The molecule has 1 aliphatic carbocycles. The summed E-state index contributed by atoms with van der Waals surface area (Å²) in [6.07, 6.45) is 6.05. The van der Waals surface area contributed by atoms with Gasteiger partial charge in [0.1, 0.15) is 0 Å². The lowest BCUT2D eigenvalue weighted by Crippen LogP contribution is -2.12. The molecule has 1 aliphatic rings. The van der Waals surface area contributed by atoms with Crippen molar-refractivity contribution in [3.8, 4) is 0 Å². The first-order valence-corrected chi connectivity index (χ1v) is 6.56. The van der Waals surface area contributed by atoms with Crippen LogP contribution in [0.25, 0.3) is 0 Å². The monoisotopic (exact) mass is 188 g/mol. The number of Topliss-reactive ketones (excluding diaryl/α,β-unsaturated/α-hetero) is 1. The van der Waals surface area contributed by atoms with Gasteiger partial charge in [0.05, 0.1) is 0 Å². The van der Waals surface area contributed by atoms with Gasteiger partial charge < -0.3 is 0 Å². The topological polar surface area (TPSA) is 34.1 Å². The Balaban J connectivity index is 2.56. The van der Waals surface area contributed by atoms with Gasteiger partial charge in [-0.15, -0.1) is 0 Å². The molecule has 1 rings (SSSR count). The van der Waals surface area contributed by atoms with Crippen LogP contribution in [0.2, 0.25) is 0 Å². The van der Waals surface area contributed by atoms with E-state index in [-0.39, 0.29) is 11.2 Å². The zero-order valence-corrected chi connectivity index (χ0v) is 8.74. The third-order valence-corrected chi connectivity index (χ3v) is 2.95. The normalized spacial score (nSPS) is 20.2. The zero-order chi connectivity index (χ0) is 9.41. The van der Waals surface area contributed by atoms with E-state index in [4.69, 9.17) is 0 Å². The van der Waals surface area contributed by atoms with Gasteiger partial charge in [-0.1, -0.05) is 6.92 Å². The van der Waals surface area contributed by atoms with Gasteiger partial charge in [0, 0.05) is 24.3 Å². The van der Waals surface area contributed by atoms with Gasteiger partial charge in [0.2, 0.25) is 0 Å². The van der Waals surface area contributed by atoms with E-state index in [9.17, 15) is 9.00 Å². The predicted octanol–water partition coefficient (Wildman–Crippen LogP) is 1.09. The van der Waals surface area contributed by atoms with Crippen molar-refractivity contribution in [1.82, 2.24) is 0 Å². The molecule has 1 fully saturated rings. The zero-order valence-electron chi connectivity index (χ0n) is 7.92. The number of ketones is 1. The van der Waals surface area contributed by atoms with E-state index in [1.807, 2.05) is 0 Å². The molecule has 3 heteroatoms. The fourth-order valence-corrected chi connectivity index (χ4v) is 1.89. The molecular weight excluding hydrogens is 172 g/mol. The Morgan fingerprint density at radius 1 is 1.50 bits per heavy atom. The van der Waals surface area contributed by atoms with Gasteiger partial charge >= 0.3 is 0 Å². The second kappa shape index (κ2) is 2.87. The molecule has 0 atom stereocenters. The molecule has 0 spiro atoms. The van der Waals surface area contributed by atoms with Gasteiger partial charge in [-0.05, 0) is 27.8 Å². The summed E-state index contributed by atoms with van der Waals surface area (Å²) in [7, 11) is -1.99. The van der Waals surface area contributed by atoms with Crippen molar-refractivity contribution in [3.63, 3.8) is 0 Å². The third-order valence-electron chi connectivity index (χ3n) is 2.12. The maximum Gasteiger partial charge on any atom is 0.164 e. The summed E-state index contributed by atoms with van der Waals surface area (Å²) in [6, 6.07) is 0. The minimum absolute atomic E-state index is 0.0463. The van der Waals surface area contributed by atoms with Gasteiger partial charge in [-0.3, -0.25) is 9.00 Å². The largest absolute Gasteiger partial charge is 0.294 e. The minimum Gasteiger partial charge on any atom is -0.294 e. The first-order chi connectivity index (χ1) is 5.31. The van der Waals surface area contributed by atoms with E-state index >= 15 is 0 Å². The molecule has 0 aromatic heterocycles. The highest BCUT2D eigenvalue weighted by Crippen LogP contribution is 2.47. The van der Waals surface area contributed by atoms with Gasteiger partial charge in [0.25, 0.3) is 0 Å². The molecule has 2 nitrogen and oxygen atoms in total. The quantitative estimate of drug-likeness (QED) is 0.621. The Labute approximate surface area is 74.4 Å². The van der Waals surface area contributed by atoms with Crippen molar-refractivity contribution in [3.05, 3.63) is 0 Å². The molecule has 12 heavy (non-hydrogen) atoms. The van der Waals surface area contributed by atoms with Crippen LogP contribution in [-0.2, 0) is 14.3 Å².